The van der Waals surface area contributed by atoms with Crippen LogP contribution in [0.4, 0.5) is 4.79 Å². The van der Waals surface area contributed by atoms with Crippen LogP contribution in [-0.4, -0.2) is 35.9 Å². The maximum absolute atomic E-state index is 11.4. The predicted molar refractivity (Wildman–Crippen MR) is 63.3 cm³/mol. The van der Waals surface area contributed by atoms with Gasteiger partial charge < -0.3 is 9.47 Å². The Hall–Kier alpha value is -0.910. The summed E-state index contributed by atoms with van der Waals surface area (Å²) in [4.78, 5) is 22.7. The lowest BCUT2D eigenvalue weighted by Crippen LogP contribution is -2.42. The minimum absolute atomic E-state index is 0.284. The summed E-state index contributed by atoms with van der Waals surface area (Å²) in [6.07, 6.45) is 1.08. The van der Waals surface area contributed by atoms with Crippen molar-refractivity contribution in [1.82, 2.24) is 5.32 Å². The van der Waals surface area contributed by atoms with Crippen LogP contribution in [0, 0.1) is 0 Å². The summed E-state index contributed by atoms with van der Waals surface area (Å²) < 4.78 is 9.82. The van der Waals surface area contributed by atoms with Crippen LogP contribution in [0.2, 0.25) is 0 Å². The van der Waals surface area contributed by atoms with E-state index in [9.17, 15) is 9.59 Å². The Labute approximate surface area is 100 Å². The fraction of sp³-hybridized carbons (Fsp3) is 0.800. The first kappa shape index (κ1) is 15.1. The van der Waals surface area contributed by atoms with E-state index in [0.29, 0.717) is 0 Å². The van der Waals surface area contributed by atoms with E-state index in [2.05, 4.69) is 5.32 Å². The second-order valence-corrected chi connectivity index (χ2v) is 4.96. The second-order valence-electron chi connectivity index (χ2n) is 4.01. The molecule has 16 heavy (non-hydrogen) atoms. The SMILES string of the molecule is CCOC(=O)C(NC(=O)OC(C)(C)C)SC. The van der Waals surface area contributed by atoms with Crippen molar-refractivity contribution in [3.63, 3.8) is 0 Å². The molecule has 0 aliphatic heterocycles. The van der Waals surface area contributed by atoms with Gasteiger partial charge in [0, 0.05) is 0 Å². The van der Waals surface area contributed by atoms with Crippen LogP contribution in [0.1, 0.15) is 27.7 Å². The van der Waals surface area contributed by atoms with Gasteiger partial charge in [-0.15, -0.1) is 11.8 Å². The Balaban J connectivity index is 4.22. The molecule has 1 unspecified atom stereocenters. The molecule has 0 aromatic rings. The van der Waals surface area contributed by atoms with E-state index >= 15 is 0 Å². The first-order chi connectivity index (χ1) is 7.30. The smallest absolute Gasteiger partial charge is 0.409 e. The van der Waals surface area contributed by atoms with Crippen LogP contribution in [0.5, 0.6) is 0 Å². The largest absolute Gasteiger partial charge is 0.464 e. The maximum Gasteiger partial charge on any atom is 0.409 e. The highest BCUT2D eigenvalue weighted by atomic mass is 32.2. The molecule has 0 radical (unpaired) electrons. The molecule has 6 heteroatoms. The number of nitrogens with one attached hydrogen (secondary N) is 1. The van der Waals surface area contributed by atoms with Gasteiger partial charge in [-0.3, -0.25) is 5.32 Å². The normalized spacial score (nSPS) is 12.8. The van der Waals surface area contributed by atoms with Crippen LogP contribution in [0.25, 0.3) is 0 Å². The standard InChI is InChI=1S/C10H19NO4S/c1-6-14-8(12)7(16-5)11-9(13)15-10(2,3)4/h7H,6H2,1-5H3,(H,11,13). The lowest BCUT2D eigenvalue weighted by molar-refractivity contribution is -0.143. The van der Waals surface area contributed by atoms with E-state index < -0.39 is 23.0 Å². The molecule has 0 saturated heterocycles. The molecule has 0 aromatic carbocycles. The van der Waals surface area contributed by atoms with Crippen molar-refractivity contribution >= 4 is 23.8 Å². The number of rotatable bonds is 4. The van der Waals surface area contributed by atoms with Gasteiger partial charge in [-0.2, -0.15) is 0 Å². The lowest BCUT2D eigenvalue weighted by atomic mass is 10.2. The number of amides is 1. The quantitative estimate of drug-likeness (QED) is 0.607. The van der Waals surface area contributed by atoms with Crippen LogP contribution in [0.15, 0.2) is 0 Å². The van der Waals surface area contributed by atoms with Crippen molar-refractivity contribution in [1.29, 1.82) is 0 Å². The summed E-state index contributed by atoms with van der Waals surface area (Å²) in [5, 5.41) is 1.71. The second kappa shape index (κ2) is 6.62. The third kappa shape index (κ3) is 6.55. The number of carbonyl (C=O) groups is 2. The molecular formula is C10H19NO4S. The first-order valence-corrected chi connectivity index (χ1v) is 6.28. The van der Waals surface area contributed by atoms with Crippen molar-refractivity contribution in [2.24, 2.45) is 0 Å². The van der Waals surface area contributed by atoms with E-state index in [1.54, 1.807) is 34.0 Å². The zero-order valence-electron chi connectivity index (χ0n) is 10.3. The van der Waals surface area contributed by atoms with Crippen LogP contribution >= 0.6 is 11.8 Å². The number of alkyl carbamates (subject to hydrolysis) is 1. The zero-order valence-corrected chi connectivity index (χ0v) is 11.1. The number of hydrogen-bond donors (Lipinski definition) is 1. The molecule has 94 valence electrons. The summed E-state index contributed by atoms with van der Waals surface area (Å²) in [5.74, 6) is -0.471. The molecule has 0 rings (SSSR count). The summed E-state index contributed by atoms with van der Waals surface area (Å²) in [6, 6.07) is 0. The Morgan fingerprint density at radius 3 is 2.31 bits per heavy atom. The van der Waals surface area contributed by atoms with Gasteiger partial charge in [0.25, 0.3) is 0 Å². The fourth-order valence-electron chi connectivity index (χ4n) is 0.847. The van der Waals surface area contributed by atoms with Crippen LogP contribution < -0.4 is 5.32 Å². The number of thioether (sulfide) groups is 1. The monoisotopic (exact) mass is 249 g/mol. The predicted octanol–water partition coefficient (Wildman–Crippen LogP) is 1.76. The summed E-state index contributed by atoms with van der Waals surface area (Å²) in [7, 11) is 0. The topological polar surface area (TPSA) is 64.6 Å². The van der Waals surface area contributed by atoms with Crippen LogP contribution in [-0.2, 0) is 14.3 Å². The molecule has 1 N–H and O–H groups in total. The molecular weight excluding hydrogens is 230 g/mol. The van der Waals surface area contributed by atoms with Gasteiger partial charge in [-0.25, -0.2) is 9.59 Å². The highest BCUT2D eigenvalue weighted by Crippen LogP contribution is 2.10. The van der Waals surface area contributed by atoms with E-state index in [4.69, 9.17) is 9.47 Å². The van der Waals surface area contributed by atoms with Crippen LogP contribution in [0.3, 0.4) is 0 Å². The number of carbonyl (C=O) groups excluding carboxylic acids is 2. The Morgan fingerprint density at radius 2 is 1.94 bits per heavy atom. The summed E-state index contributed by atoms with van der Waals surface area (Å²) in [6.45, 7) is 7.26. The Morgan fingerprint density at radius 1 is 1.38 bits per heavy atom. The van der Waals surface area contributed by atoms with Gasteiger partial charge in [-0.05, 0) is 34.0 Å². The average Bonchev–Trinajstić information content (AvgIpc) is 2.11. The van der Waals surface area contributed by atoms with Gasteiger partial charge in [-0.1, -0.05) is 0 Å². The third-order valence-electron chi connectivity index (χ3n) is 1.38. The van der Waals surface area contributed by atoms with Crippen molar-refractivity contribution in [2.45, 2.75) is 38.7 Å². The molecule has 0 spiro atoms. The lowest BCUT2D eigenvalue weighted by Gasteiger charge is -2.21. The van der Waals surface area contributed by atoms with Crippen molar-refractivity contribution < 1.29 is 19.1 Å². The zero-order chi connectivity index (χ0) is 12.8. The molecule has 1 atom stereocenters. The molecule has 0 aromatic heterocycles. The van der Waals surface area contributed by atoms with Gasteiger partial charge in [0.1, 0.15) is 5.60 Å². The van der Waals surface area contributed by atoms with Gasteiger partial charge >= 0.3 is 12.1 Å². The number of hydrogen-bond acceptors (Lipinski definition) is 5. The number of ether oxygens (including phenoxy) is 2. The molecule has 0 aliphatic rings. The Bertz CT molecular complexity index is 250. The minimum Gasteiger partial charge on any atom is -0.464 e. The van der Waals surface area contributed by atoms with Crippen molar-refractivity contribution in [3.8, 4) is 0 Å². The van der Waals surface area contributed by atoms with E-state index in [-0.39, 0.29) is 6.61 Å². The summed E-state index contributed by atoms with van der Waals surface area (Å²) >= 11 is 1.19. The maximum atomic E-state index is 11.4. The van der Waals surface area contributed by atoms with Gasteiger partial charge in [0.15, 0.2) is 5.37 Å². The summed E-state index contributed by atoms with van der Waals surface area (Å²) in [5.41, 5.74) is -0.582. The van der Waals surface area contributed by atoms with E-state index in [1.165, 1.54) is 11.8 Å². The minimum atomic E-state index is -0.727. The Kier molecular flexibility index (Phi) is 6.25. The molecule has 0 fully saturated rings. The van der Waals surface area contributed by atoms with Gasteiger partial charge in [0.05, 0.1) is 6.61 Å². The third-order valence-corrected chi connectivity index (χ3v) is 2.17. The van der Waals surface area contributed by atoms with E-state index in [1.807, 2.05) is 0 Å². The van der Waals surface area contributed by atoms with Gasteiger partial charge in [0.2, 0.25) is 0 Å². The molecule has 0 bridgehead atoms. The highest BCUT2D eigenvalue weighted by molar-refractivity contribution is 7.99. The molecule has 5 nitrogen and oxygen atoms in total. The highest BCUT2D eigenvalue weighted by Gasteiger charge is 2.24. The molecule has 1 amide bonds. The molecule has 0 heterocycles. The fourth-order valence-corrected chi connectivity index (χ4v) is 1.32. The molecule has 0 saturated carbocycles. The molecule has 0 aliphatic carbocycles. The number of esters is 1. The average molecular weight is 249 g/mol. The van der Waals surface area contributed by atoms with E-state index in [0.717, 1.165) is 0 Å². The van der Waals surface area contributed by atoms with Crippen molar-refractivity contribution in [2.75, 3.05) is 12.9 Å². The van der Waals surface area contributed by atoms with Crippen molar-refractivity contribution in [3.05, 3.63) is 0 Å². The first-order valence-electron chi connectivity index (χ1n) is 4.99.